The Morgan fingerprint density at radius 1 is 1.09 bits per heavy atom. The van der Waals surface area contributed by atoms with Crippen molar-refractivity contribution in [3.63, 3.8) is 0 Å². The maximum Gasteiger partial charge on any atom is 0.155 e. The molecule has 0 bridgehead atoms. The predicted octanol–water partition coefficient (Wildman–Crippen LogP) is 2.59. The number of hydrogen-bond acceptors (Lipinski definition) is 8. The van der Waals surface area contributed by atoms with E-state index >= 15 is 0 Å². The third kappa shape index (κ3) is 5.97. The van der Waals surface area contributed by atoms with Crippen LogP contribution in [0, 0.1) is 0 Å². The van der Waals surface area contributed by atoms with Crippen molar-refractivity contribution in [2.24, 2.45) is 0 Å². The van der Waals surface area contributed by atoms with Gasteiger partial charge in [0.05, 0.1) is 23.2 Å². The number of pyridine rings is 1. The van der Waals surface area contributed by atoms with Crippen LogP contribution >= 0.6 is 0 Å². The van der Waals surface area contributed by atoms with Gasteiger partial charge in [0.25, 0.3) is 0 Å². The van der Waals surface area contributed by atoms with Crippen molar-refractivity contribution in [3.05, 3.63) is 72.4 Å². The molecule has 1 saturated heterocycles. The van der Waals surface area contributed by atoms with Gasteiger partial charge in [0.2, 0.25) is 0 Å². The quantitative estimate of drug-likeness (QED) is 0.535. The summed E-state index contributed by atoms with van der Waals surface area (Å²) in [4.78, 5) is 19.2. The summed E-state index contributed by atoms with van der Waals surface area (Å²) < 4.78 is 5.82. The van der Waals surface area contributed by atoms with Crippen LogP contribution in [0.15, 0.2) is 61.2 Å². The number of hydrogen-bond donors (Lipinski definition) is 1. The lowest BCUT2D eigenvalue weighted by molar-refractivity contribution is 0.0280. The number of aliphatic hydroxyl groups is 1. The lowest BCUT2D eigenvalue weighted by Crippen LogP contribution is -2.43. The van der Waals surface area contributed by atoms with E-state index in [0.29, 0.717) is 26.1 Å². The summed E-state index contributed by atoms with van der Waals surface area (Å²) in [5, 5.41) is 11.3. The van der Waals surface area contributed by atoms with Crippen molar-refractivity contribution in [2.45, 2.75) is 25.2 Å². The zero-order valence-corrected chi connectivity index (χ0v) is 19.6. The van der Waals surface area contributed by atoms with E-state index in [-0.39, 0.29) is 0 Å². The highest BCUT2D eigenvalue weighted by atomic mass is 16.5. The molecule has 1 aliphatic heterocycles. The van der Waals surface area contributed by atoms with Gasteiger partial charge in [-0.1, -0.05) is 18.2 Å². The Hall–Kier alpha value is -3.23. The molecule has 0 radical (unpaired) electrons. The van der Waals surface area contributed by atoms with Crippen molar-refractivity contribution in [3.8, 4) is 5.75 Å². The first kappa shape index (κ1) is 22.9. The fourth-order valence-electron chi connectivity index (χ4n) is 4.28. The molecule has 1 aromatic carbocycles. The molecular weight excluding hydrogens is 416 g/mol. The molecule has 33 heavy (non-hydrogen) atoms. The van der Waals surface area contributed by atoms with Crippen LogP contribution in [0.25, 0.3) is 0 Å². The van der Waals surface area contributed by atoms with Gasteiger partial charge in [0.15, 0.2) is 5.82 Å². The fraction of sp³-hybridized carbons (Fsp3) is 0.400. The van der Waals surface area contributed by atoms with E-state index in [1.165, 1.54) is 5.56 Å². The van der Waals surface area contributed by atoms with E-state index in [1.54, 1.807) is 12.5 Å². The molecule has 1 unspecified atom stereocenters. The minimum atomic E-state index is -0.778. The van der Waals surface area contributed by atoms with E-state index in [4.69, 9.17) is 4.74 Å². The lowest BCUT2D eigenvalue weighted by Gasteiger charge is -2.30. The van der Waals surface area contributed by atoms with Crippen LogP contribution in [-0.4, -0.2) is 71.3 Å². The van der Waals surface area contributed by atoms with E-state index < -0.39 is 5.60 Å². The summed E-state index contributed by atoms with van der Waals surface area (Å²) in [7, 11) is 5.98. The number of β-amino-alcohol motifs (C(OH)–C–C–N with tert-alkyl or cyclic N) is 1. The molecule has 1 aliphatic rings. The van der Waals surface area contributed by atoms with Crippen molar-refractivity contribution >= 4 is 11.5 Å². The molecule has 4 rings (SSSR count). The number of aromatic nitrogens is 3. The standard InChI is InChI=1S/C25H32N6O2/c1-29(2)24-23(14-26-19-28-24)31-13-11-25(32,18-31)17-30(3)15-20-7-9-22(10-8-20)33-16-21-6-4-5-12-27-21/h4-10,12,14,19,32H,11,13,15-18H2,1-3H3. The molecule has 174 valence electrons. The normalized spacial score (nSPS) is 18.0. The van der Waals surface area contributed by atoms with Gasteiger partial charge in [-0.15, -0.1) is 0 Å². The molecule has 1 fully saturated rings. The van der Waals surface area contributed by atoms with Crippen molar-refractivity contribution in [1.82, 2.24) is 19.9 Å². The zero-order valence-electron chi connectivity index (χ0n) is 19.6. The number of anilines is 2. The van der Waals surface area contributed by atoms with Crippen LogP contribution in [0.5, 0.6) is 5.75 Å². The Balaban J connectivity index is 1.30. The topological polar surface area (TPSA) is 77.9 Å². The van der Waals surface area contributed by atoms with E-state index in [0.717, 1.165) is 36.0 Å². The first-order valence-corrected chi connectivity index (χ1v) is 11.2. The molecule has 8 nitrogen and oxygen atoms in total. The monoisotopic (exact) mass is 448 g/mol. The third-order valence-electron chi connectivity index (χ3n) is 5.82. The van der Waals surface area contributed by atoms with E-state index in [9.17, 15) is 5.11 Å². The van der Waals surface area contributed by atoms with Gasteiger partial charge in [-0.25, -0.2) is 9.97 Å². The molecule has 3 heterocycles. The highest BCUT2D eigenvalue weighted by Crippen LogP contribution is 2.32. The summed E-state index contributed by atoms with van der Waals surface area (Å²) in [5.41, 5.74) is 2.26. The lowest BCUT2D eigenvalue weighted by atomic mass is 10.0. The van der Waals surface area contributed by atoms with Crippen LogP contribution in [0.1, 0.15) is 17.7 Å². The maximum atomic E-state index is 11.3. The molecule has 1 N–H and O–H groups in total. The van der Waals surface area contributed by atoms with Crippen LogP contribution in [0.4, 0.5) is 11.5 Å². The predicted molar refractivity (Wildman–Crippen MR) is 129 cm³/mol. The number of rotatable bonds is 9. The molecular formula is C25H32N6O2. The average molecular weight is 449 g/mol. The van der Waals surface area contributed by atoms with Gasteiger partial charge in [0, 0.05) is 46.5 Å². The van der Waals surface area contributed by atoms with Crippen LogP contribution < -0.4 is 14.5 Å². The van der Waals surface area contributed by atoms with Crippen LogP contribution in [-0.2, 0) is 13.2 Å². The van der Waals surface area contributed by atoms with Gasteiger partial charge in [-0.3, -0.25) is 9.88 Å². The SMILES string of the molecule is CN(Cc1ccc(OCc2ccccn2)cc1)CC1(O)CCN(c2cncnc2N(C)C)C1. The zero-order chi connectivity index (χ0) is 23.3. The highest BCUT2D eigenvalue weighted by Gasteiger charge is 2.38. The van der Waals surface area contributed by atoms with Gasteiger partial charge in [-0.2, -0.15) is 0 Å². The van der Waals surface area contributed by atoms with Crippen LogP contribution in [0.2, 0.25) is 0 Å². The number of benzene rings is 1. The van der Waals surface area contributed by atoms with Crippen molar-refractivity contribution in [2.75, 3.05) is 50.6 Å². The molecule has 8 heteroatoms. The average Bonchev–Trinajstić information content (AvgIpc) is 3.20. The summed E-state index contributed by atoms with van der Waals surface area (Å²) >= 11 is 0. The van der Waals surface area contributed by atoms with E-state index in [1.807, 2.05) is 62.6 Å². The molecule has 0 aliphatic carbocycles. The molecule has 3 aromatic rings. The van der Waals surface area contributed by atoms with Crippen LogP contribution in [0.3, 0.4) is 0 Å². The Kier molecular flexibility index (Phi) is 7.05. The number of likely N-dealkylation sites (N-methyl/N-ethyl adjacent to an activating group) is 1. The van der Waals surface area contributed by atoms with Gasteiger partial charge in [0.1, 0.15) is 18.7 Å². The first-order valence-electron chi connectivity index (χ1n) is 11.2. The van der Waals surface area contributed by atoms with Gasteiger partial charge >= 0.3 is 0 Å². The third-order valence-corrected chi connectivity index (χ3v) is 5.82. The van der Waals surface area contributed by atoms with Crippen molar-refractivity contribution < 1.29 is 9.84 Å². The number of ether oxygens (including phenoxy) is 1. The minimum absolute atomic E-state index is 0.450. The van der Waals surface area contributed by atoms with Gasteiger partial charge < -0.3 is 19.6 Å². The second kappa shape index (κ2) is 10.1. The largest absolute Gasteiger partial charge is 0.487 e. The minimum Gasteiger partial charge on any atom is -0.487 e. The summed E-state index contributed by atoms with van der Waals surface area (Å²) in [6.07, 6.45) is 5.86. The highest BCUT2D eigenvalue weighted by molar-refractivity contribution is 5.66. The maximum absolute atomic E-state index is 11.3. The first-order chi connectivity index (χ1) is 15.9. The summed E-state index contributed by atoms with van der Waals surface area (Å²) in [6, 6.07) is 13.9. The van der Waals surface area contributed by atoms with Crippen molar-refractivity contribution in [1.29, 1.82) is 0 Å². The second-order valence-electron chi connectivity index (χ2n) is 8.95. The van der Waals surface area contributed by atoms with E-state index in [2.05, 4.69) is 36.9 Å². The molecule has 0 saturated carbocycles. The molecule has 1 atom stereocenters. The Bertz CT molecular complexity index is 1030. The summed E-state index contributed by atoms with van der Waals surface area (Å²) in [6.45, 7) is 3.13. The molecule has 2 aromatic heterocycles. The second-order valence-corrected chi connectivity index (χ2v) is 8.95. The Morgan fingerprint density at radius 2 is 1.91 bits per heavy atom. The van der Waals surface area contributed by atoms with Gasteiger partial charge in [-0.05, 0) is 43.3 Å². The molecule has 0 spiro atoms. The fourth-order valence-corrected chi connectivity index (χ4v) is 4.28. The summed E-state index contributed by atoms with van der Waals surface area (Å²) in [5.74, 6) is 1.69. The molecule has 0 amide bonds. The smallest absolute Gasteiger partial charge is 0.155 e. The Morgan fingerprint density at radius 3 is 2.64 bits per heavy atom. The number of nitrogens with zero attached hydrogens (tertiary/aromatic N) is 6. The Labute approximate surface area is 195 Å².